The lowest BCUT2D eigenvalue weighted by Crippen LogP contribution is -2.40. The topological polar surface area (TPSA) is 72.3 Å². The number of carbonyl (C=O) groups is 1. The van der Waals surface area contributed by atoms with E-state index in [1.54, 1.807) is 14.2 Å². The van der Waals surface area contributed by atoms with Crippen LogP contribution in [-0.4, -0.2) is 92.0 Å². The number of ether oxygens (including phenoxy) is 3. The van der Waals surface area contributed by atoms with E-state index in [9.17, 15) is 9.18 Å². The van der Waals surface area contributed by atoms with E-state index in [0.717, 1.165) is 92.2 Å². The Morgan fingerprint density at radius 3 is 2.51 bits per heavy atom. The number of likely N-dealkylation sites (tertiary alicyclic amines) is 1. The SMILES string of the molecule is CCOCCn1c(N2CCCN(CCC3(Cc4ccc(F)cc4)CCN(Cc4cc(C)c(OC)c(OC)c4)C3=O)CC2)nc2ccccc21. The van der Waals surface area contributed by atoms with Crippen LogP contribution in [0.4, 0.5) is 10.3 Å². The number of hydrogen-bond acceptors (Lipinski definition) is 7. The Bertz CT molecular complexity index is 1730. The number of amides is 1. The van der Waals surface area contributed by atoms with E-state index < -0.39 is 5.41 Å². The van der Waals surface area contributed by atoms with E-state index in [1.165, 1.54) is 12.1 Å². The highest BCUT2D eigenvalue weighted by molar-refractivity contribution is 5.85. The van der Waals surface area contributed by atoms with Crippen LogP contribution < -0.4 is 14.4 Å². The Morgan fingerprint density at radius 2 is 1.73 bits per heavy atom. The molecule has 9 nitrogen and oxygen atoms in total. The number of imidazole rings is 1. The number of rotatable bonds is 14. The summed E-state index contributed by atoms with van der Waals surface area (Å²) in [6.07, 6.45) is 3.12. The number of benzene rings is 3. The first-order chi connectivity index (χ1) is 23.8. The van der Waals surface area contributed by atoms with Gasteiger partial charge in [0.25, 0.3) is 0 Å². The summed E-state index contributed by atoms with van der Waals surface area (Å²) in [7, 11) is 3.28. The van der Waals surface area contributed by atoms with Crippen LogP contribution in [0.1, 0.15) is 42.9 Å². The van der Waals surface area contributed by atoms with Gasteiger partial charge in [0.15, 0.2) is 11.5 Å². The van der Waals surface area contributed by atoms with E-state index in [-0.39, 0.29) is 11.7 Å². The highest BCUT2D eigenvalue weighted by Crippen LogP contribution is 2.41. The van der Waals surface area contributed by atoms with Crippen LogP contribution in [-0.2, 0) is 29.0 Å². The number of hydrogen-bond donors (Lipinski definition) is 0. The molecule has 1 atom stereocenters. The maximum atomic E-state index is 14.4. The van der Waals surface area contributed by atoms with Crippen LogP contribution in [0.5, 0.6) is 11.5 Å². The summed E-state index contributed by atoms with van der Waals surface area (Å²) in [4.78, 5) is 26.4. The van der Waals surface area contributed by atoms with Gasteiger partial charge in [0.05, 0.1) is 37.3 Å². The van der Waals surface area contributed by atoms with E-state index in [1.807, 2.05) is 43.0 Å². The Hall–Kier alpha value is -4.15. The number of halogens is 1. The van der Waals surface area contributed by atoms with Gasteiger partial charge in [-0.3, -0.25) is 4.79 Å². The van der Waals surface area contributed by atoms with Crippen molar-refractivity contribution in [3.63, 3.8) is 0 Å². The first kappa shape index (κ1) is 34.7. The fourth-order valence-corrected chi connectivity index (χ4v) is 7.65. The van der Waals surface area contributed by atoms with Gasteiger partial charge in [-0.15, -0.1) is 0 Å². The van der Waals surface area contributed by atoms with Crippen molar-refractivity contribution in [1.82, 2.24) is 19.4 Å². The number of para-hydroxylation sites is 2. The van der Waals surface area contributed by atoms with Crippen LogP contribution in [0.25, 0.3) is 11.0 Å². The lowest BCUT2D eigenvalue weighted by molar-refractivity contribution is -0.137. The summed E-state index contributed by atoms with van der Waals surface area (Å²) in [6.45, 7) is 11.8. The van der Waals surface area contributed by atoms with Gasteiger partial charge in [-0.2, -0.15) is 0 Å². The number of carbonyl (C=O) groups excluding carboxylic acids is 1. The van der Waals surface area contributed by atoms with Gasteiger partial charge in [-0.1, -0.05) is 30.3 Å². The van der Waals surface area contributed by atoms with Crippen molar-refractivity contribution in [3.8, 4) is 11.5 Å². The van der Waals surface area contributed by atoms with E-state index >= 15 is 0 Å². The second-order valence-electron chi connectivity index (χ2n) is 13.4. The largest absolute Gasteiger partial charge is 0.493 e. The molecule has 262 valence electrons. The zero-order valence-corrected chi connectivity index (χ0v) is 29.4. The molecule has 2 aliphatic heterocycles. The first-order valence-corrected chi connectivity index (χ1v) is 17.6. The molecule has 2 fully saturated rings. The highest BCUT2D eigenvalue weighted by atomic mass is 19.1. The minimum atomic E-state index is -0.553. The van der Waals surface area contributed by atoms with E-state index in [2.05, 4.69) is 38.6 Å². The third-order valence-electron chi connectivity index (χ3n) is 10.2. The van der Waals surface area contributed by atoms with Crippen molar-refractivity contribution < 1.29 is 23.4 Å². The molecule has 10 heteroatoms. The predicted octanol–water partition coefficient (Wildman–Crippen LogP) is 6.10. The van der Waals surface area contributed by atoms with Crippen molar-refractivity contribution in [1.29, 1.82) is 0 Å². The lowest BCUT2D eigenvalue weighted by Gasteiger charge is -2.31. The van der Waals surface area contributed by atoms with Crippen molar-refractivity contribution in [2.45, 2.75) is 52.6 Å². The maximum absolute atomic E-state index is 14.4. The molecule has 0 N–H and O–H groups in total. The molecule has 1 unspecified atom stereocenters. The standard InChI is InChI=1S/C39H50FN5O4/c1-5-49-24-23-45-34-10-7-6-9-33(34)41-38(45)43-18-8-17-42(21-22-43)19-15-39(27-30-11-13-32(40)14-12-30)16-20-44(37(39)46)28-31-25-29(2)36(48-4)35(26-31)47-3/h6-7,9-14,25-26H,5,8,15-24,27-28H2,1-4H3. The molecule has 0 saturated carbocycles. The number of fused-ring (bicyclic) bond motifs is 1. The number of methoxy groups -OCH3 is 2. The molecule has 2 saturated heterocycles. The van der Waals surface area contributed by atoms with Gasteiger partial charge in [0.2, 0.25) is 11.9 Å². The third-order valence-corrected chi connectivity index (χ3v) is 10.2. The Morgan fingerprint density at radius 1 is 0.918 bits per heavy atom. The molecule has 0 bridgehead atoms. The third kappa shape index (κ3) is 7.70. The van der Waals surface area contributed by atoms with Crippen LogP contribution in [0, 0.1) is 18.2 Å². The molecule has 6 rings (SSSR count). The molecule has 0 spiro atoms. The van der Waals surface area contributed by atoms with Crippen molar-refractivity contribution in [2.24, 2.45) is 5.41 Å². The Balaban J connectivity index is 1.17. The average molecular weight is 672 g/mol. The van der Waals surface area contributed by atoms with E-state index in [0.29, 0.717) is 44.2 Å². The molecule has 1 aromatic heterocycles. The monoisotopic (exact) mass is 671 g/mol. The van der Waals surface area contributed by atoms with Gasteiger partial charge < -0.3 is 33.5 Å². The van der Waals surface area contributed by atoms with Crippen LogP contribution >= 0.6 is 0 Å². The second-order valence-corrected chi connectivity index (χ2v) is 13.4. The zero-order chi connectivity index (χ0) is 34.4. The summed E-state index contributed by atoms with van der Waals surface area (Å²) in [5, 5.41) is 0. The van der Waals surface area contributed by atoms with Crippen molar-refractivity contribution in [3.05, 3.63) is 83.2 Å². The van der Waals surface area contributed by atoms with Crippen LogP contribution in [0.2, 0.25) is 0 Å². The molecule has 1 amide bonds. The number of aryl methyl sites for hydroxylation is 1. The maximum Gasteiger partial charge on any atom is 0.229 e. The Kier molecular flexibility index (Phi) is 11.0. The molecule has 0 aliphatic carbocycles. The molecular formula is C39H50FN5O4. The van der Waals surface area contributed by atoms with Gasteiger partial charge in [-0.05, 0) is 99.6 Å². The van der Waals surface area contributed by atoms with Crippen LogP contribution in [0.3, 0.4) is 0 Å². The average Bonchev–Trinajstić information content (AvgIpc) is 3.50. The second kappa shape index (κ2) is 15.6. The molecular weight excluding hydrogens is 621 g/mol. The smallest absolute Gasteiger partial charge is 0.229 e. The molecule has 0 radical (unpaired) electrons. The molecule has 3 aromatic carbocycles. The molecule has 2 aliphatic rings. The summed E-state index contributed by atoms with van der Waals surface area (Å²) in [5.74, 6) is 2.29. The number of anilines is 1. The number of aromatic nitrogens is 2. The minimum absolute atomic E-state index is 0.170. The lowest BCUT2D eigenvalue weighted by atomic mass is 9.77. The summed E-state index contributed by atoms with van der Waals surface area (Å²) in [5.41, 5.74) is 4.57. The number of nitrogens with zero attached hydrogens (tertiary/aromatic N) is 5. The van der Waals surface area contributed by atoms with Gasteiger partial charge >= 0.3 is 0 Å². The predicted molar refractivity (Wildman–Crippen MR) is 191 cm³/mol. The Labute approximate surface area is 289 Å². The fourth-order valence-electron chi connectivity index (χ4n) is 7.65. The van der Waals surface area contributed by atoms with Gasteiger partial charge in [0, 0.05) is 45.9 Å². The summed E-state index contributed by atoms with van der Waals surface area (Å²) < 4.78 is 33.0. The minimum Gasteiger partial charge on any atom is -0.493 e. The van der Waals surface area contributed by atoms with E-state index in [4.69, 9.17) is 19.2 Å². The quantitative estimate of drug-likeness (QED) is 0.150. The summed E-state index contributed by atoms with van der Waals surface area (Å²) in [6, 6.07) is 19.0. The summed E-state index contributed by atoms with van der Waals surface area (Å²) >= 11 is 0. The molecule has 3 heterocycles. The van der Waals surface area contributed by atoms with Crippen molar-refractivity contribution in [2.75, 3.05) is 71.6 Å². The normalized spacial score (nSPS) is 18.8. The highest BCUT2D eigenvalue weighted by Gasteiger charge is 2.46. The zero-order valence-electron chi connectivity index (χ0n) is 29.4. The molecule has 4 aromatic rings. The van der Waals surface area contributed by atoms with Gasteiger partial charge in [0.1, 0.15) is 5.82 Å². The van der Waals surface area contributed by atoms with Gasteiger partial charge in [-0.25, -0.2) is 9.37 Å². The molecule has 49 heavy (non-hydrogen) atoms. The van der Waals surface area contributed by atoms with Crippen molar-refractivity contribution >= 4 is 22.9 Å². The van der Waals surface area contributed by atoms with Crippen LogP contribution in [0.15, 0.2) is 60.7 Å². The fraction of sp³-hybridized carbons (Fsp3) is 0.487. The first-order valence-electron chi connectivity index (χ1n) is 17.6.